The summed E-state index contributed by atoms with van der Waals surface area (Å²) in [6.45, 7) is 7.73. The van der Waals surface area contributed by atoms with Gasteiger partial charge in [0.25, 0.3) is 5.91 Å². The highest BCUT2D eigenvalue weighted by atomic mass is 32.2. The molecule has 5 nitrogen and oxygen atoms in total. The van der Waals surface area contributed by atoms with Gasteiger partial charge in [-0.15, -0.1) is 11.3 Å². The van der Waals surface area contributed by atoms with Gasteiger partial charge in [0.05, 0.1) is 6.61 Å². The number of thiazole rings is 1. The van der Waals surface area contributed by atoms with Crippen molar-refractivity contribution in [3.8, 4) is 0 Å². The molecule has 1 aromatic rings. The van der Waals surface area contributed by atoms with E-state index < -0.39 is 5.97 Å². The Morgan fingerprint density at radius 3 is 2.65 bits per heavy atom. The quantitative estimate of drug-likeness (QED) is 0.801. The number of aromatic nitrogens is 1. The molecule has 1 aliphatic heterocycles. The lowest BCUT2D eigenvalue weighted by molar-refractivity contribution is 0.0526. The minimum absolute atomic E-state index is 0.101. The van der Waals surface area contributed by atoms with Crippen molar-refractivity contribution >= 4 is 35.0 Å². The average molecular weight is 314 g/mol. The Labute approximate surface area is 126 Å². The Morgan fingerprint density at radius 1 is 1.40 bits per heavy atom. The van der Waals surface area contributed by atoms with Crippen molar-refractivity contribution in [3.05, 3.63) is 16.1 Å². The van der Waals surface area contributed by atoms with Gasteiger partial charge in [0.2, 0.25) is 5.01 Å². The zero-order valence-electron chi connectivity index (χ0n) is 11.8. The van der Waals surface area contributed by atoms with Gasteiger partial charge < -0.3 is 9.64 Å². The second kappa shape index (κ2) is 6.58. The number of amides is 1. The third kappa shape index (κ3) is 3.52. The maximum atomic E-state index is 12.4. The second-order valence-electron chi connectivity index (χ2n) is 4.73. The zero-order valence-corrected chi connectivity index (χ0v) is 13.4. The van der Waals surface area contributed by atoms with Gasteiger partial charge in [0.15, 0.2) is 0 Å². The minimum atomic E-state index is -0.465. The molecule has 0 aliphatic carbocycles. The molecule has 20 heavy (non-hydrogen) atoms. The van der Waals surface area contributed by atoms with Crippen molar-refractivity contribution in [2.24, 2.45) is 0 Å². The molecule has 2 atom stereocenters. The Morgan fingerprint density at radius 2 is 2.05 bits per heavy atom. The molecule has 0 radical (unpaired) electrons. The van der Waals surface area contributed by atoms with Gasteiger partial charge in [0, 0.05) is 29.0 Å². The van der Waals surface area contributed by atoms with Gasteiger partial charge in [0.1, 0.15) is 5.69 Å². The van der Waals surface area contributed by atoms with E-state index in [1.54, 1.807) is 12.3 Å². The van der Waals surface area contributed by atoms with E-state index in [1.165, 1.54) is 0 Å². The molecular formula is C13H18N2O3S2. The van der Waals surface area contributed by atoms with E-state index in [1.807, 2.05) is 16.7 Å². The maximum Gasteiger partial charge on any atom is 0.367 e. The number of nitrogens with zero attached hydrogens (tertiary/aromatic N) is 2. The summed E-state index contributed by atoms with van der Waals surface area (Å²) in [5, 5.41) is 2.71. The first-order valence-electron chi connectivity index (χ1n) is 6.58. The molecule has 1 aliphatic rings. The lowest BCUT2D eigenvalue weighted by Gasteiger charge is -2.34. The van der Waals surface area contributed by atoms with Crippen LogP contribution in [0.4, 0.5) is 0 Å². The van der Waals surface area contributed by atoms with Crippen molar-refractivity contribution in [2.45, 2.75) is 31.3 Å². The third-order valence-corrected chi connectivity index (χ3v) is 4.93. The number of hydrogen-bond acceptors (Lipinski definition) is 6. The Kier molecular flexibility index (Phi) is 5.04. The van der Waals surface area contributed by atoms with E-state index in [9.17, 15) is 9.59 Å². The van der Waals surface area contributed by atoms with Gasteiger partial charge in [-0.25, -0.2) is 9.78 Å². The fourth-order valence-electron chi connectivity index (χ4n) is 2.16. The van der Waals surface area contributed by atoms with Crippen molar-refractivity contribution in [3.63, 3.8) is 0 Å². The zero-order chi connectivity index (χ0) is 14.7. The molecular weight excluding hydrogens is 296 g/mol. The smallest absolute Gasteiger partial charge is 0.367 e. The second-order valence-corrected chi connectivity index (χ2v) is 7.47. The van der Waals surface area contributed by atoms with E-state index in [2.05, 4.69) is 18.8 Å². The largest absolute Gasteiger partial charge is 0.461 e. The first-order chi connectivity index (χ1) is 9.51. The first kappa shape index (κ1) is 15.3. The number of thioether (sulfide) groups is 1. The molecule has 110 valence electrons. The molecule has 2 heterocycles. The molecule has 1 aromatic heterocycles. The number of hydrogen-bond donors (Lipinski definition) is 0. The number of rotatable bonds is 3. The van der Waals surface area contributed by atoms with Gasteiger partial charge in [-0.2, -0.15) is 11.8 Å². The molecule has 0 N–H and O–H groups in total. The van der Waals surface area contributed by atoms with Gasteiger partial charge in [-0.05, 0) is 6.92 Å². The van der Waals surface area contributed by atoms with Crippen LogP contribution < -0.4 is 0 Å². The Balaban J connectivity index is 2.07. The molecule has 0 saturated carbocycles. The van der Waals surface area contributed by atoms with Crippen LogP contribution in [0.2, 0.25) is 0 Å². The fraction of sp³-hybridized carbons (Fsp3) is 0.615. The SMILES string of the molecule is CCOC(=O)c1nc(C(=O)N2CC(C)SC(C)C2)cs1. The lowest BCUT2D eigenvalue weighted by atomic mass is 10.3. The fourth-order valence-corrected chi connectivity index (χ4v) is 4.17. The summed E-state index contributed by atoms with van der Waals surface area (Å²) in [5.41, 5.74) is 0.337. The first-order valence-corrected chi connectivity index (χ1v) is 8.40. The van der Waals surface area contributed by atoms with Crippen LogP contribution in [-0.4, -0.2) is 52.0 Å². The molecule has 0 aromatic carbocycles. The predicted molar refractivity (Wildman–Crippen MR) is 80.5 cm³/mol. The highest BCUT2D eigenvalue weighted by Gasteiger charge is 2.28. The van der Waals surface area contributed by atoms with Gasteiger partial charge >= 0.3 is 5.97 Å². The highest BCUT2D eigenvalue weighted by molar-refractivity contribution is 8.00. The summed E-state index contributed by atoms with van der Waals surface area (Å²) in [7, 11) is 0. The van der Waals surface area contributed by atoms with Crippen molar-refractivity contribution in [2.75, 3.05) is 19.7 Å². The number of carbonyl (C=O) groups excluding carboxylic acids is 2. The van der Waals surface area contributed by atoms with Crippen molar-refractivity contribution in [1.29, 1.82) is 0 Å². The van der Waals surface area contributed by atoms with E-state index >= 15 is 0 Å². The monoisotopic (exact) mass is 314 g/mol. The van der Waals surface area contributed by atoms with E-state index in [-0.39, 0.29) is 10.9 Å². The number of esters is 1. The predicted octanol–water partition coefficient (Wildman–Crippen LogP) is 2.29. The maximum absolute atomic E-state index is 12.4. The van der Waals surface area contributed by atoms with Gasteiger partial charge in [-0.1, -0.05) is 13.8 Å². The van der Waals surface area contributed by atoms with Crippen LogP contribution >= 0.6 is 23.1 Å². The molecule has 0 bridgehead atoms. The summed E-state index contributed by atoms with van der Waals surface area (Å²) in [5.74, 6) is -0.566. The van der Waals surface area contributed by atoms with Crippen LogP contribution in [0.1, 0.15) is 41.1 Å². The van der Waals surface area contributed by atoms with Crippen LogP contribution in [0.25, 0.3) is 0 Å². The average Bonchev–Trinajstić information content (AvgIpc) is 2.86. The summed E-state index contributed by atoms with van der Waals surface area (Å²) in [4.78, 5) is 29.9. The molecule has 1 saturated heterocycles. The molecule has 7 heteroatoms. The Bertz CT molecular complexity index is 494. The molecule has 2 rings (SSSR count). The summed E-state index contributed by atoms with van der Waals surface area (Å²) >= 11 is 3.04. The lowest BCUT2D eigenvalue weighted by Crippen LogP contribution is -2.44. The summed E-state index contributed by atoms with van der Waals surface area (Å²) in [6.07, 6.45) is 0. The molecule has 0 spiro atoms. The molecule has 1 amide bonds. The van der Waals surface area contributed by atoms with E-state index in [4.69, 9.17) is 4.74 Å². The molecule has 1 fully saturated rings. The van der Waals surface area contributed by atoms with Crippen molar-refractivity contribution < 1.29 is 14.3 Å². The summed E-state index contributed by atoms with van der Waals surface area (Å²) < 4.78 is 4.88. The highest BCUT2D eigenvalue weighted by Crippen LogP contribution is 2.26. The van der Waals surface area contributed by atoms with Crippen LogP contribution in [0.5, 0.6) is 0 Å². The van der Waals surface area contributed by atoms with Crippen molar-refractivity contribution in [1.82, 2.24) is 9.88 Å². The van der Waals surface area contributed by atoms with Crippen LogP contribution in [0.3, 0.4) is 0 Å². The summed E-state index contributed by atoms with van der Waals surface area (Å²) in [6, 6.07) is 0. The van der Waals surface area contributed by atoms with E-state index in [0.29, 0.717) is 22.8 Å². The third-order valence-electron chi connectivity index (χ3n) is 2.88. The minimum Gasteiger partial charge on any atom is -0.461 e. The topological polar surface area (TPSA) is 59.5 Å². The normalized spacial score (nSPS) is 22.6. The standard InChI is InChI=1S/C13H18N2O3S2/c1-4-18-13(17)11-14-10(7-19-11)12(16)15-5-8(2)20-9(3)6-15/h7-9H,4-6H2,1-3H3. The van der Waals surface area contributed by atoms with Gasteiger partial charge in [-0.3, -0.25) is 4.79 Å². The molecule has 2 unspecified atom stereocenters. The van der Waals surface area contributed by atoms with E-state index in [0.717, 1.165) is 24.4 Å². The van der Waals surface area contributed by atoms with Crippen LogP contribution in [-0.2, 0) is 4.74 Å². The number of ether oxygens (including phenoxy) is 1. The number of carbonyl (C=O) groups is 2. The Hall–Kier alpha value is -1.08. The van der Waals surface area contributed by atoms with Crippen LogP contribution in [0, 0.1) is 0 Å². The van der Waals surface area contributed by atoms with Crippen LogP contribution in [0.15, 0.2) is 5.38 Å².